The van der Waals surface area contributed by atoms with Gasteiger partial charge >= 0.3 is 0 Å². The summed E-state index contributed by atoms with van der Waals surface area (Å²) in [5, 5.41) is 10.3. The molecule has 0 fully saturated rings. The van der Waals surface area contributed by atoms with E-state index < -0.39 is 0 Å². The first-order valence-electron chi connectivity index (χ1n) is 12.7. The summed E-state index contributed by atoms with van der Waals surface area (Å²) in [6, 6.07) is 33.2. The maximum atomic E-state index is 13.2. The fourth-order valence-corrected chi connectivity index (χ4v) is 5.58. The maximum Gasteiger partial charge on any atom is 0.233 e. The molecule has 4 aromatic carbocycles. The number of rotatable bonds is 7. The summed E-state index contributed by atoms with van der Waals surface area (Å²) < 4.78 is 7.94. The summed E-state index contributed by atoms with van der Waals surface area (Å²) in [7, 11) is 0. The molecule has 1 aromatic heterocycles. The van der Waals surface area contributed by atoms with Crippen LogP contribution in [0.1, 0.15) is 11.1 Å². The minimum Gasteiger partial charge on any atom is -0.457 e. The molecule has 5 aromatic rings. The minimum atomic E-state index is 0.0868. The van der Waals surface area contributed by atoms with E-state index >= 15 is 0 Å². The normalized spacial score (nSPS) is 12.7. The Balaban J connectivity index is 1.25. The van der Waals surface area contributed by atoms with Crippen molar-refractivity contribution in [2.24, 2.45) is 0 Å². The van der Waals surface area contributed by atoms with Gasteiger partial charge < -0.3 is 9.64 Å². The number of nitrogens with zero attached hydrogens (tertiary/aromatic N) is 4. The number of benzene rings is 4. The van der Waals surface area contributed by atoms with Gasteiger partial charge in [0.1, 0.15) is 11.5 Å². The summed E-state index contributed by atoms with van der Waals surface area (Å²) in [6.07, 6.45) is 0.876. The van der Waals surface area contributed by atoms with Crippen LogP contribution in [0.15, 0.2) is 108 Å². The number of hydrogen-bond donors (Lipinski definition) is 0. The predicted octanol–water partition coefficient (Wildman–Crippen LogP) is 7.06. The van der Waals surface area contributed by atoms with Crippen molar-refractivity contribution in [1.29, 1.82) is 0 Å². The van der Waals surface area contributed by atoms with Crippen LogP contribution < -0.4 is 4.74 Å². The van der Waals surface area contributed by atoms with E-state index in [1.807, 2.05) is 94.4 Å². The second-order valence-corrected chi connectivity index (χ2v) is 10.6. The molecule has 0 aliphatic carbocycles. The first-order chi connectivity index (χ1) is 19.1. The number of aromatic nitrogens is 3. The maximum absolute atomic E-state index is 13.2. The molecule has 0 radical (unpaired) electrons. The van der Waals surface area contributed by atoms with E-state index in [9.17, 15) is 4.79 Å². The van der Waals surface area contributed by atoms with Crippen molar-refractivity contribution in [3.63, 3.8) is 0 Å². The Kier molecular flexibility index (Phi) is 7.34. The highest BCUT2D eigenvalue weighted by atomic mass is 35.5. The van der Waals surface area contributed by atoms with Crippen molar-refractivity contribution in [1.82, 2.24) is 19.7 Å². The molecule has 1 amide bonds. The zero-order chi connectivity index (χ0) is 26.6. The van der Waals surface area contributed by atoms with Crippen molar-refractivity contribution >= 4 is 29.3 Å². The van der Waals surface area contributed by atoms with Gasteiger partial charge in [0, 0.05) is 29.4 Å². The quantitative estimate of drug-likeness (QED) is 0.202. The van der Waals surface area contributed by atoms with Gasteiger partial charge in [-0.25, -0.2) is 0 Å². The van der Waals surface area contributed by atoms with Crippen LogP contribution in [0.5, 0.6) is 11.5 Å². The number of carbonyl (C=O) groups is 1. The molecule has 1 aliphatic rings. The van der Waals surface area contributed by atoms with Crippen LogP contribution in [-0.2, 0) is 17.8 Å². The first kappa shape index (κ1) is 25.2. The zero-order valence-corrected chi connectivity index (χ0v) is 22.6. The lowest BCUT2D eigenvalue weighted by Gasteiger charge is -2.28. The summed E-state index contributed by atoms with van der Waals surface area (Å²) in [5.41, 5.74) is 4.28. The van der Waals surface area contributed by atoms with Crippen LogP contribution in [0.25, 0.3) is 17.1 Å². The van der Waals surface area contributed by atoms with Gasteiger partial charge in [-0.05, 0) is 78.2 Å². The predicted molar refractivity (Wildman–Crippen MR) is 155 cm³/mol. The number of carbonyl (C=O) groups excluding carboxylic acids is 1. The Labute approximate surface area is 236 Å². The molecule has 0 bridgehead atoms. The molecule has 0 saturated heterocycles. The van der Waals surface area contributed by atoms with Crippen LogP contribution in [0.4, 0.5) is 0 Å². The third-order valence-corrected chi connectivity index (χ3v) is 7.78. The molecule has 8 heteroatoms. The average Bonchev–Trinajstić information content (AvgIpc) is 3.41. The number of thioether (sulfide) groups is 1. The second-order valence-electron chi connectivity index (χ2n) is 9.18. The topological polar surface area (TPSA) is 60.3 Å². The Morgan fingerprint density at radius 1 is 0.821 bits per heavy atom. The molecular weight excluding hydrogens is 528 g/mol. The smallest absolute Gasteiger partial charge is 0.233 e. The monoisotopic (exact) mass is 552 g/mol. The van der Waals surface area contributed by atoms with Gasteiger partial charge in [-0.1, -0.05) is 65.8 Å². The third kappa shape index (κ3) is 5.70. The van der Waals surface area contributed by atoms with E-state index in [-0.39, 0.29) is 11.7 Å². The highest BCUT2D eigenvalue weighted by Crippen LogP contribution is 2.31. The van der Waals surface area contributed by atoms with Gasteiger partial charge in [-0.2, -0.15) is 0 Å². The molecule has 194 valence electrons. The Morgan fingerprint density at radius 3 is 2.28 bits per heavy atom. The fourth-order valence-electron chi connectivity index (χ4n) is 4.60. The van der Waals surface area contributed by atoms with Crippen molar-refractivity contribution < 1.29 is 9.53 Å². The molecular formula is C31H25ClN4O2S. The SMILES string of the molecule is O=C(CSc1nnc(-c2ccc(Cl)cc2)n1-c1ccc(Oc2ccccc2)cc1)N1CCc2ccccc2C1. The lowest BCUT2D eigenvalue weighted by atomic mass is 10.00. The van der Waals surface area contributed by atoms with E-state index in [2.05, 4.69) is 28.4 Å². The first-order valence-corrected chi connectivity index (χ1v) is 14.0. The Morgan fingerprint density at radius 2 is 1.51 bits per heavy atom. The molecule has 6 rings (SSSR count). The number of ether oxygens (including phenoxy) is 1. The largest absolute Gasteiger partial charge is 0.457 e. The summed E-state index contributed by atoms with van der Waals surface area (Å²) in [5.74, 6) is 2.53. The third-order valence-electron chi connectivity index (χ3n) is 6.62. The molecule has 2 heterocycles. The molecule has 1 aliphatic heterocycles. The average molecular weight is 553 g/mol. The van der Waals surface area contributed by atoms with Crippen LogP contribution >= 0.6 is 23.4 Å². The van der Waals surface area contributed by atoms with Gasteiger partial charge in [0.2, 0.25) is 5.91 Å². The zero-order valence-electron chi connectivity index (χ0n) is 21.0. The van der Waals surface area contributed by atoms with Crippen LogP contribution in [0.3, 0.4) is 0 Å². The number of fused-ring (bicyclic) bond motifs is 1. The van der Waals surface area contributed by atoms with Crippen molar-refractivity contribution in [3.8, 4) is 28.6 Å². The van der Waals surface area contributed by atoms with Gasteiger partial charge in [-0.3, -0.25) is 9.36 Å². The minimum absolute atomic E-state index is 0.0868. The lowest BCUT2D eigenvalue weighted by Crippen LogP contribution is -2.37. The highest BCUT2D eigenvalue weighted by molar-refractivity contribution is 7.99. The molecule has 6 nitrogen and oxygen atoms in total. The van der Waals surface area contributed by atoms with Gasteiger partial charge in [0.05, 0.1) is 5.75 Å². The summed E-state index contributed by atoms with van der Waals surface area (Å²) >= 11 is 7.52. The van der Waals surface area contributed by atoms with Gasteiger partial charge in [0.15, 0.2) is 11.0 Å². The standard InChI is InChI=1S/C31H25ClN4O2S/c32-25-12-10-23(11-13-25)30-33-34-31(39-21-29(37)35-19-18-22-6-4-5-7-24(22)20-35)36(30)26-14-16-28(17-15-26)38-27-8-2-1-3-9-27/h1-17H,18-21H2. The van der Waals surface area contributed by atoms with Crippen molar-refractivity contribution in [3.05, 3.63) is 119 Å². The number of amides is 1. The Bertz CT molecular complexity index is 1590. The summed E-state index contributed by atoms with van der Waals surface area (Å²) in [4.78, 5) is 15.1. The van der Waals surface area contributed by atoms with E-state index in [0.717, 1.165) is 35.7 Å². The number of hydrogen-bond acceptors (Lipinski definition) is 5. The van der Waals surface area contributed by atoms with Crippen LogP contribution in [0.2, 0.25) is 5.02 Å². The molecule has 0 atom stereocenters. The lowest BCUT2D eigenvalue weighted by molar-refractivity contribution is -0.129. The van der Waals surface area contributed by atoms with Crippen LogP contribution in [-0.4, -0.2) is 37.9 Å². The van der Waals surface area contributed by atoms with Crippen molar-refractivity contribution in [2.45, 2.75) is 18.1 Å². The number of para-hydroxylation sites is 1. The molecule has 0 saturated carbocycles. The summed E-state index contributed by atoms with van der Waals surface area (Å²) in [6.45, 7) is 1.36. The molecule has 39 heavy (non-hydrogen) atoms. The van der Waals surface area contributed by atoms with E-state index in [1.54, 1.807) is 0 Å². The second kappa shape index (κ2) is 11.4. The van der Waals surface area contributed by atoms with Crippen LogP contribution in [0, 0.1) is 0 Å². The van der Waals surface area contributed by atoms with E-state index in [1.165, 1.54) is 22.9 Å². The fraction of sp³-hybridized carbons (Fsp3) is 0.129. The number of halogens is 1. The highest BCUT2D eigenvalue weighted by Gasteiger charge is 2.22. The van der Waals surface area contributed by atoms with E-state index in [4.69, 9.17) is 16.3 Å². The Hall–Kier alpha value is -4.07. The molecule has 0 spiro atoms. The van der Waals surface area contributed by atoms with E-state index in [0.29, 0.717) is 22.5 Å². The van der Waals surface area contributed by atoms with Crippen molar-refractivity contribution in [2.75, 3.05) is 12.3 Å². The van der Waals surface area contributed by atoms with Gasteiger partial charge in [0.25, 0.3) is 0 Å². The van der Waals surface area contributed by atoms with Gasteiger partial charge in [-0.15, -0.1) is 10.2 Å². The molecule has 0 N–H and O–H groups in total. The molecule has 0 unspecified atom stereocenters.